The number of methoxy groups -OCH3 is 1. The third-order valence-electron chi connectivity index (χ3n) is 7.07. The van der Waals surface area contributed by atoms with E-state index in [1.54, 1.807) is 14.0 Å². The van der Waals surface area contributed by atoms with Gasteiger partial charge in [-0.25, -0.2) is 0 Å². The van der Waals surface area contributed by atoms with Crippen molar-refractivity contribution in [2.24, 2.45) is 5.92 Å². The van der Waals surface area contributed by atoms with Crippen LogP contribution in [0, 0.1) is 5.92 Å². The van der Waals surface area contributed by atoms with Gasteiger partial charge in [0, 0.05) is 38.0 Å². The Morgan fingerprint density at radius 2 is 1.80 bits per heavy atom. The molecule has 0 aromatic heterocycles. The summed E-state index contributed by atoms with van der Waals surface area (Å²) in [6.45, 7) is 8.85. The van der Waals surface area contributed by atoms with E-state index in [0.717, 1.165) is 37.2 Å². The summed E-state index contributed by atoms with van der Waals surface area (Å²) in [5.74, 6) is 1.49. The summed E-state index contributed by atoms with van der Waals surface area (Å²) in [5.41, 5.74) is 2.62. The molecule has 1 aliphatic rings. The fourth-order valence-electron chi connectivity index (χ4n) is 4.97. The van der Waals surface area contributed by atoms with Crippen molar-refractivity contribution >= 4 is 5.91 Å². The molecule has 4 nitrogen and oxygen atoms in total. The number of piperidine rings is 1. The summed E-state index contributed by atoms with van der Waals surface area (Å²) in [6.07, 6.45) is 2.09. The smallest absolute Gasteiger partial charge is 0.219 e. The molecular formula is C26H36N2O2. The topological polar surface area (TPSA) is 32.8 Å². The minimum absolute atomic E-state index is 0.0841. The number of amides is 1. The second-order valence-corrected chi connectivity index (χ2v) is 8.95. The van der Waals surface area contributed by atoms with Gasteiger partial charge in [-0.1, -0.05) is 49.4 Å². The van der Waals surface area contributed by atoms with E-state index in [1.807, 2.05) is 29.2 Å². The molecule has 0 spiro atoms. The first kappa shape index (κ1) is 22.4. The minimum atomic E-state index is 0.0841. The van der Waals surface area contributed by atoms with Crippen LogP contribution in [0.4, 0.5) is 0 Å². The number of benzene rings is 2. The predicted molar refractivity (Wildman–Crippen MR) is 123 cm³/mol. The zero-order valence-electron chi connectivity index (χ0n) is 19.1. The Hall–Kier alpha value is -2.33. The molecule has 30 heavy (non-hydrogen) atoms. The zero-order valence-corrected chi connectivity index (χ0v) is 19.1. The summed E-state index contributed by atoms with van der Waals surface area (Å²) in [7, 11) is 3.89. The molecule has 0 aliphatic carbocycles. The average Bonchev–Trinajstić information content (AvgIpc) is 2.75. The van der Waals surface area contributed by atoms with Gasteiger partial charge in [0.15, 0.2) is 0 Å². The fourth-order valence-corrected chi connectivity index (χ4v) is 4.97. The number of carbonyl (C=O) groups is 1. The van der Waals surface area contributed by atoms with Crippen molar-refractivity contribution in [3.05, 3.63) is 65.7 Å². The van der Waals surface area contributed by atoms with E-state index in [2.05, 4.69) is 56.1 Å². The van der Waals surface area contributed by atoms with Crippen molar-refractivity contribution in [2.75, 3.05) is 27.2 Å². The quantitative estimate of drug-likeness (QED) is 0.664. The first-order valence-electron chi connectivity index (χ1n) is 11.0. The van der Waals surface area contributed by atoms with Crippen LogP contribution in [0.15, 0.2) is 54.6 Å². The van der Waals surface area contributed by atoms with Crippen LogP contribution in [-0.2, 0) is 16.8 Å². The molecule has 1 heterocycles. The molecule has 3 rings (SSSR count). The van der Waals surface area contributed by atoms with Crippen LogP contribution >= 0.6 is 0 Å². The maximum atomic E-state index is 12.5. The number of ether oxygens (including phenoxy) is 1. The van der Waals surface area contributed by atoms with Crippen LogP contribution in [-0.4, -0.2) is 49.0 Å². The molecule has 3 atom stereocenters. The third-order valence-corrected chi connectivity index (χ3v) is 7.07. The Morgan fingerprint density at radius 1 is 1.13 bits per heavy atom. The summed E-state index contributed by atoms with van der Waals surface area (Å²) in [6, 6.07) is 19.5. The number of hydrogen-bond donors (Lipinski definition) is 0. The molecule has 1 aliphatic heterocycles. The normalized spacial score (nSPS) is 24.4. The van der Waals surface area contributed by atoms with Crippen LogP contribution in [0.25, 0.3) is 0 Å². The molecule has 0 unspecified atom stereocenters. The van der Waals surface area contributed by atoms with Crippen molar-refractivity contribution < 1.29 is 9.53 Å². The van der Waals surface area contributed by atoms with E-state index in [1.165, 1.54) is 5.56 Å². The van der Waals surface area contributed by atoms with E-state index >= 15 is 0 Å². The van der Waals surface area contributed by atoms with E-state index in [4.69, 9.17) is 4.74 Å². The second kappa shape index (κ2) is 9.65. The van der Waals surface area contributed by atoms with Gasteiger partial charge in [-0.15, -0.1) is 0 Å². The molecule has 0 N–H and O–H groups in total. The molecule has 1 amide bonds. The summed E-state index contributed by atoms with van der Waals surface area (Å²) in [4.78, 5) is 16.9. The van der Waals surface area contributed by atoms with Crippen molar-refractivity contribution in [1.82, 2.24) is 9.80 Å². The van der Waals surface area contributed by atoms with E-state index in [0.29, 0.717) is 18.5 Å². The number of likely N-dealkylation sites (tertiary alicyclic amines) is 1. The minimum Gasteiger partial charge on any atom is -0.497 e. The van der Waals surface area contributed by atoms with Crippen LogP contribution in [0.5, 0.6) is 5.75 Å². The van der Waals surface area contributed by atoms with Gasteiger partial charge in [0.2, 0.25) is 5.91 Å². The Bertz CT molecular complexity index is 821. The number of nitrogens with zero attached hydrogens (tertiary/aromatic N) is 2. The van der Waals surface area contributed by atoms with Crippen LogP contribution in [0.1, 0.15) is 44.7 Å². The molecule has 2 aromatic rings. The van der Waals surface area contributed by atoms with Crippen LogP contribution < -0.4 is 4.74 Å². The van der Waals surface area contributed by atoms with Crippen molar-refractivity contribution in [3.63, 3.8) is 0 Å². The molecular weight excluding hydrogens is 372 g/mol. The molecule has 1 fully saturated rings. The number of hydrogen-bond acceptors (Lipinski definition) is 3. The first-order valence-corrected chi connectivity index (χ1v) is 11.0. The Balaban J connectivity index is 1.81. The van der Waals surface area contributed by atoms with Gasteiger partial charge in [0.1, 0.15) is 5.75 Å². The lowest BCUT2D eigenvalue weighted by Gasteiger charge is -2.50. The van der Waals surface area contributed by atoms with Gasteiger partial charge >= 0.3 is 0 Å². The maximum absolute atomic E-state index is 12.5. The largest absolute Gasteiger partial charge is 0.497 e. The van der Waals surface area contributed by atoms with Gasteiger partial charge in [0.05, 0.1) is 7.11 Å². The van der Waals surface area contributed by atoms with E-state index in [9.17, 15) is 4.79 Å². The lowest BCUT2D eigenvalue weighted by molar-refractivity contribution is -0.129. The molecule has 0 radical (unpaired) electrons. The lowest BCUT2D eigenvalue weighted by atomic mass is 9.63. The van der Waals surface area contributed by atoms with Gasteiger partial charge in [0.25, 0.3) is 0 Å². The Morgan fingerprint density at radius 3 is 2.40 bits per heavy atom. The highest BCUT2D eigenvalue weighted by molar-refractivity contribution is 5.73. The van der Waals surface area contributed by atoms with Crippen LogP contribution in [0.2, 0.25) is 0 Å². The molecule has 4 heteroatoms. The zero-order chi connectivity index (χ0) is 21.7. The van der Waals surface area contributed by atoms with Gasteiger partial charge in [-0.05, 0) is 56.0 Å². The summed E-state index contributed by atoms with van der Waals surface area (Å²) in [5, 5.41) is 0. The number of rotatable bonds is 7. The standard InChI is InChI=1S/C26H36N2O2/c1-20-18-27(4)21(2)17-26(20,24-9-7-6-8-10-24)15-16-28(22(3)29)19-23-11-13-25(30-5)14-12-23/h6-14,20-21H,15-19H2,1-5H3/t20-,21+,26-/m0/s1. The van der Waals surface area contributed by atoms with Crippen molar-refractivity contribution in [1.29, 1.82) is 0 Å². The highest BCUT2D eigenvalue weighted by atomic mass is 16.5. The van der Waals surface area contributed by atoms with Crippen molar-refractivity contribution in [2.45, 2.75) is 51.6 Å². The molecule has 1 saturated heterocycles. The highest BCUT2D eigenvalue weighted by Crippen LogP contribution is 2.44. The predicted octanol–water partition coefficient (Wildman–Crippen LogP) is 4.73. The van der Waals surface area contributed by atoms with Gasteiger partial charge in [-0.3, -0.25) is 4.79 Å². The first-order chi connectivity index (χ1) is 14.4. The molecule has 0 saturated carbocycles. The average molecular weight is 409 g/mol. The van der Waals surface area contributed by atoms with Crippen LogP contribution in [0.3, 0.4) is 0 Å². The monoisotopic (exact) mass is 408 g/mol. The highest BCUT2D eigenvalue weighted by Gasteiger charge is 2.43. The van der Waals surface area contributed by atoms with Gasteiger partial charge in [-0.2, -0.15) is 0 Å². The van der Waals surface area contributed by atoms with Crippen molar-refractivity contribution in [3.8, 4) is 5.75 Å². The molecule has 162 valence electrons. The van der Waals surface area contributed by atoms with Gasteiger partial charge < -0.3 is 14.5 Å². The number of carbonyl (C=O) groups excluding carboxylic acids is 1. The van der Waals surface area contributed by atoms with E-state index < -0.39 is 0 Å². The Kier molecular flexibility index (Phi) is 7.19. The maximum Gasteiger partial charge on any atom is 0.219 e. The third kappa shape index (κ3) is 4.86. The SMILES string of the molecule is COc1ccc(CN(CC[C@]2(c3ccccc3)C[C@@H](C)N(C)C[C@@H]2C)C(C)=O)cc1. The fraction of sp³-hybridized carbons (Fsp3) is 0.500. The molecule has 2 aromatic carbocycles. The summed E-state index contributed by atoms with van der Waals surface area (Å²) < 4.78 is 5.26. The summed E-state index contributed by atoms with van der Waals surface area (Å²) >= 11 is 0. The molecule has 0 bridgehead atoms. The lowest BCUT2D eigenvalue weighted by Crippen LogP contribution is -2.52. The second-order valence-electron chi connectivity index (χ2n) is 8.95. The Labute approximate surface area is 181 Å². The van der Waals surface area contributed by atoms with E-state index in [-0.39, 0.29) is 11.3 Å².